The fourth-order valence-electron chi connectivity index (χ4n) is 2.39. The Morgan fingerprint density at radius 3 is 2.65 bits per heavy atom. The van der Waals surface area contributed by atoms with Gasteiger partial charge in [-0.1, -0.05) is 25.5 Å². The van der Waals surface area contributed by atoms with Crippen LogP contribution in [-0.2, 0) is 6.54 Å². The van der Waals surface area contributed by atoms with E-state index < -0.39 is 16.4 Å². The van der Waals surface area contributed by atoms with Crippen LogP contribution in [0.2, 0.25) is 0 Å². The van der Waals surface area contributed by atoms with Gasteiger partial charge in [-0.15, -0.1) is 10.2 Å². The molecule has 0 spiro atoms. The number of nitro benzene ring substituents is 1. The lowest BCUT2D eigenvalue weighted by Crippen LogP contribution is -2.22. The zero-order chi connectivity index (χ0) is 19.3. The first-order valence-electron chi connectivity index (χ1n) is 7.94. The summed E-state index contributed by atoms with van der Waals surface area (Å²) in [5.74, 6) is -0.409. The molecular formula is C17H17N5O4. The van der Waals surface area contributed by atoms with Crippen molar-refractivity contribution in [2.45, 2.75) is 33.2 Å². The number of pyridine rings is 1. The number of nitriles is 1. The Balaban J connectivity index is 2.62. The van der Waals surface area contributed by atoms with Crippen LogP contribution in [0.15, 0.2) is 39.3 Å². The number of nitrogens with zero attached hydrogens (tertiary/aromatic N) is 5. The highest BCUT2D eigenvalue weighted by molar-refractivity contribution is 5.59. The molecule has 0 aliphatic heterocycles. The van der Waals surface area contributed by atoms with E-state index in [1.807, 2.05) is 13.0 Å². The average molecular weight is 355 g/mol. The van der Waals surface area contributed by atoms with E-state index in [0.29, 0.717) is 6.42 Å². The number of hydrogen-bond acceptors (Lipinski definition) is 7. The van der Waals surface area contributed by atoms with E-state index in [1.165, 1.54) is 25.1 Å². The van der Waals surface area contributed by atoms with Gasteiger partial charge in [0.25, 0.3) is 11.2 Å². The number of rotatable bonds is 6. The first-order chi connectivity index (χ1) is 12.4. The van der Waals surface area contributed by atoms with Gasteiger partial charge in [0.15, 0.2) is 11.4 Å². The Bertz CT molecular complexity index is 972. The van der Waals surface area contributed by atoms with Crippen molar-refractivity contribution in [3.05, 3.63) is 55.9 Å². The Labute approximate surface area is 149 Å². The van der Waals surface area contributed by atoms with Gasteiger partial charge in [-0.2, -0.15) is 5.26 Å². The minimum Gasteiger partial charge on any atom is -0.493 e. The van der Waals surface area contributed by atoms with Crippen LogP contribution in [0.4, 0.5) is 17.1 Å². The molecule has 1 heterocycles. The molecule has 0 saturated carbocycles. The van der Waals surface area contributed by atoms with Crippen molar-refractivity contribution >= 4 is 17.1 Å². The number of aromatic hydroxyl groups is 1. The largest absolute Gasteiger partial charge is 0.493 e. The molecule has 9 heteroatoms. The predicted octanol–water partition coefficient (Wildman–Crippen LogP) is 3.86. The van der Waals surface area contributed by atoms with Crippen molar-refractivity contribution in [3.63, 3.8) is 0 Å². The average Bonchev–Trinajstić information content (AvgIpc) is 2.62. The van der Waals surface area contributed by atoms with Crippen LogP contribution < -0.4 is 5.56 Å². The number of nitro groups is 1. The van der Waals surface area contributed by atoms with Crippen LogP contribution in [0.5, 0.6) is 5.88 Å². The lowest BCUT2D eigenvalue weighted by atomic mass is 10.1. The minimum absolute atomic E-state index is 0.0111. The summed E-state index contributed by atoms with van der Waals surface area (Å²) >= 11 is 0. The highest BCUT2D eigenvalue weighted by Gasteiger charge is 2.19. The predicted molar refractivity (Wildman–Crippen MR) is 94.0 cm³/mol. The van der Waals surface area contributed by atoms with E-state index in [9.17, 15) is 25.3 Å². The molecule has 0 aliphatic carbocycles. The monoisotopic (exact) mass is 355 g/mol. The third kappa shape index (κ3) is 3.59. The second-order valence-electron chi connectivity index (χ2n) is 5.54. The second kappa shape index (κ2) is 8.02. The van der Waals surface area contributed by atoms with Gasteiger partial charge >= 0.3 is 0 Å². The van der Waals surface area contributed by atoms with E-state index >= 15 is 0 Å². The number of hydrogen-bond donors (Lipinski definition) is 1. The standard InChI is InChI=1S/C17H17N5O4/c1-3-4-9-21-16(23)12(10-18)11(2)15(17(21)24)20-19-13-7-5-6-8-14(13)22(25)26/h5-8,23H,3-4,9H2,1-2H3. The quantitative estimate of drug-likeness (QED) is 0.477. The van der Waals surface area contributed by atoms with Gasteiger partial charge < -0.3 is 5.11 Å². The Morgan fingerprint density at radius 1 is 1.35 bits per heavy atom. The summed E-state index contributed by atoms with van der Waals surface area (Å²) < 4.78 is 1.07. The normalized spacial score (nSPS) is 10.8. The van der Waals surface area contributed by atoms with Gasteiger partial charge in [0.1, 0.15) is 11.6 Å². The molecule has 134 valence electrons. The van der Waals surface area contributed by atoms with Crippen LogP contribution >= 0.6 is 0 Å². The van der Waals surface area contributed by atoms with Crippen LogP contribution in [0.3, 0.4) is 0 Å². The van der Waals surface area contributed by atoms with Crippen LogP contribution in [0, 0.1) is 28.4 Å². The Morgan fingerprint density at radius 2 is 2.04 bits per heavy atom. The van der Waals surface area contributed by atoms with Crippen LogP contribution in [0.25, 0.3) is 0 Å². The molecule has 26 heavy (non-hydrogen) atoms. The van der Waals surface area contributed by atoms with Crippen molar-refractivity contribution in [1.82, 2.24) is 4.57 Å². The number of para-hydroxylation sites is 1. The minimum atomic E-state index is -0.602. The molecule has 0 saturated heterocycles. The molecule has 0 bridgehead atoms. The topological polar surface area (TPSA) is 134 Å². The van der Waals surface area contributed by atoms with Gasteiger partial charge in [-0.3, -0.25) is 19.5 Å². The summed E-state index contributed by atoms with van der Waals surface area (Å²) in [4.78, 5) is 23.1. The fourth-order valence-corrected chi connectivity index (χ4v) is 2.39. The van der Waals surface area contributed by atoms with Gasteiger partial charge in [0, 0.05) is 18.2 Å². The third-order valence-electron chi connectivity index (χ3n) is 3.84. The molecule has 2 aromatic rings. The van der Waals surface area contributed by atoms with Crippen molar-refractivity contribution in [3.8, 4) is 11.9 Å². The van der Waals surface area contributed by atoms with Crippen LogP contribution in [-0.4, -0.2) is 14.6 Å². The summed E-state index contributed by atoms with van der Waals surface area (Å²) in [5, 5.41) is 38.2. The molecule has 9 nitrogen and oxygen atoms in total. The van der Waals surface area contributed by atoms with Gasteiger partial charge in [-0.25, -0.2) is 0 Å². The molecular weight excluding hydrogens is 338 g/mol. The van der Waals surface area contributed by atoms with Crippen molar-refractivity contribution in [1.29, 1.82) is 5.26 Å². The molecule has 0 radical (unpaired) electrons. The Kier molecular flexibility index (Phi) is 5.80. The van der Waals surface area contributed by atoms with E-state index in [-0.39, 0.29) is 34.7 Å². The van der Waals surface area contributed by atoms with E-state index in [0.717, 1.165) is 11.0 Å². The van der Waals surface area contributed by atoms with Gasteiger partial charge in [0.05, 0.1) is 4.92 Å². The molecule has 1 aromatic heterocycles. The molecule has 0 aliphatic rings. The van der Waals surface area contributed by atoms with Crippen molar-refractivity contribution in [2.24, 2.45) is 10.2 Å². The van der Waals surface area contributed by atoms with E-state index in [4.69, 9.17) is 0 Å². The maximum Gasteiger partial charge on any atom is 0.296 e. The third-order valence-corrected chi connectivity index (χ3v) is 3.84. The van der Waals surface area contributed by atoms with E-state index in [1.54, 1.807) is 6.07 Å². The summed E-state index contributed by atoms with van der Waals surface area (Å²) in [6.45, 7) is 3.62. The number of aromatic nitrogens is 1. The lowest BCUT2D eigenvalue weighted by Gasteiger charge is -2.12. The second-order valence-corrected chi connectivity index (χ2v) is 5.54. The number of azo groups is 1. The number of benzene rings is 1. The molecule has 1 aromatic carbocycles. The SMILES string of the molecule is CCCCn1c(O)c(C#N)c(C)c(N=Nc2ccccc2[N+](=O)[O-])c1=O. The van der Waals surface area contributed by atoms with Crippen molar-refractivity contribution < 1.29 is 10.0 Å². The highest BCUT2D eigenvalue weighted by Crippen LogP contribution is 2.30. The van der Waals surface area contributed by atoms with Gasteiger partial charge in [0.2, 0.25) is 5.88 Å². The summed E-state index contributed by atoms with van der Waals surface area (Å²) in [6.07, 6.45) is 1.41. The summed E-state index contributed by atoms with van der Waals surface area (Å²) in [6, 6.07) is 7.59. The molecule has 0 amide bonds. The van der Waals surface area contributed by atoms with E-state index in [2.05, 4.69) is 10.2 Å². The Hall–Kier alpha value is -3.54. The van der Waals surface area contributed by atoms with Crippen molar-refractivity contribution in [2.75, 3.05) is 0 Å². The first kappa shape index (κ1) is 18.8. The molecule has 0 unspecified atom stereocenters. The zero-order valence-corrected chi connectivity index (χ0v) is 14.3. The molecule has 0 fully saturated rings. The fraction of sp³-hybridized carbons (Fsp3) is 0.294. The highest BCUT2D eigenvalue weighted by atomic mass is 16.6. The smallest absolute Gasteiger partial charge is 0.296 e. The lowest BCUT2D eigenvalue weighted by molar-refractivity contribution is -0.384. The van der Waals surface area contributed by atoms with Gasteiger partial charge in [-0.05, 0) is 19.4 Å². The maximum absolute atomic E-state index is 12.6. The number of unbranched alkanes of at least 4 members (excludes halogenated alkanes) is 1. The summed E-state index contributed by atoms with van der Waals surface area (Å²) in [7, 11) is 0. The zero-order valence-electron chi connectivity index (χ0n) is 14.3. The summed E-state index contributed by atoms with van der Waals surface area (Å²) in [5.41, 5.74) is -0.895. The molecule has 1 N–H and O–H groups in total. The van der Waals surface area contributed by atoms with Crippen LogP contribution in [0.1, 0.15) is 30.9 Å². The first-order valence-corrected chi connectivity index (χ1v) is 7.94. The maximum atomic E-state index is 12.6. The molecule has 0 atom stereocenters. The molecule has 2 rings (SSSR count).